The molecule has 0 atom stereocenters. The Labute approximate surface area is 95.6 Å². The van der Waals surface area contributed by atoms with E-state index in [2.05, 4.69) is 20.1 Å². The molecule has 0 bridgehead atoms. The van der Waals surface area contributed by atoms with Gasteiger partial charge in [-0.2, -0.15) is 0 Å². The molecule has 1 aromatic rings. The Kier molecular flexibility index (Phi) is 4.30. The van der Waals surface area contributed by atoms with Crippen LogP contribution in [-0.4, -0.2) is 18.5 Å². The van der Waals surface area contributed by atoms with E-state index in [1.54, 1.807) is 19.1 Å². The zero-order chi connectivity index (χ0) is 11.3. The van der Waals surface area contributed by atoms with Crippen LogP contribution in [0, 0.1) is 0 Å². The van der Waals surface area contributed by atoms with Gasteiger partial charge >= 0.3 is 11.9 Å². The van der Waals surface area contributed by atoms with Gasteiger partial charge in [0.25, 0.3) is 0 Å². The van der Waals surface area contributed by atoms with E-state index < -0.39 is 11.9 Å². The highest BCUT2D eigenvalue weighted by atomic mass is 79.9. The van der Waals surface area contributed by atoms with Crippen molar-refractivity contribution in [2.75, 3.05) is 6.61 Å². The van der Waals surface area contributed by atoms with E-state index in [9.17, 15) is 9.59 Å². The molecule has 0 unspecified atom stereocenters. The van der Waals surface area contributed by atoms with E-state index in [4.69, 9.17) is 4.74 Å². The van der Waals surface area contributed by atoms with Crippen molar-refractivity contribution < 1.29 is 18.2 Å². The second-order valence-corrected chi connectivity index (χ2v) is 2.95. The maximum Gasteiger partial charge on any atom is 0.350 e. The molecular formula is C10H9BrO4. The lowest BCUT2D eigenvalue weighted by Crippen LogP contribution is -2.11. The number of halogens is 1. The second-order valence-electron chi connectivity index (χ2n) is 2.63. The first-order valence-electron chi connectivity index (χ1n) is 4.29. The third kappa shape index (κ3) is 2.79. The Bertz CT molecular complexity index is 375. The molecule has 5 heteroatoms. The molecule has 80 valence electrons. The normalized spacial score (nSPS) is 9.47. The van der Waals surface area contributed by atoms with Gasteiger partial charge in [-0.1, -0.05) is 12.1 Å². The molecule has 4 nitrogen and oxygen atoms in total. The first kappa shape index (κ1) is 11.7. The first-order chi connectivity index (χ1) is 7.20. The van der Waals surface area contributed by atoms with Crippen LogP contribution in [0.3, 0.4) is 0 Å². The van der Waals surface area contributed by atoms with Crippen molar-refractivity contribution in [1.82, 2.24) is 0 Å². The molecule has 0 spiro atoms. The molecule has 0 heterocycles. The van der Waals surface area contributed by atoms with Gasteiger partial charge in [0.05, 0.1) is 17.7 Å². The summed E-state index contributed by atoms with van der Waals surface area (Å²) < 4.78 is 9.17. The third-order valence-electron chi connectivity index (χ3n) is 1.71. The fraction of sp³-hybridized carbons (Fsp3) is 0.200. The summed E-state index contributed by atoms with van der Waals surface area (Å²) in [5, 5.41) is 0. The molecule has 0 saturated heterocycles. The molecule has 0 amide bonds. The molecule has 0 aliphatic carbocycles. The van der Waals surface area contributed by atoms with Gasteiger partial charge in [-0.25, -0.2) is 9.59 Å². The Morgan fingerprint density at radius 1 is 1.20 bits per heavy atom. The third-order valence-corrected chi connectivity index (χ3v) is 2.01. The summed E-state index contributed by atoms with van der Waals surface area (Å²) in [5.41, 5.74) is 0.372. The van der Waals surface area contributed by atoms with Crippen molar-refractivity contribution >= 4 is 28.2 Å². The monoisotopic (exact) mass is 272 g/mol. The van der Waals surface area contributed by atoms with Gasteiger partial charge in [0.2, 0.25) is 0 Å². The number of hydrogen-bond donors (Lipinski definition) is 0. The fourth-order valence-corrected chi connectivity index (χ4v) is 1.26. The Morgan fingerprint density at radius 2 is 1.73 bits per heavy atom. The maximum atomic E-state index is 11.4. The molecule has 0 radical (unpaired) electrons. The Balaban J connectivity index is 3.06. The SMILES string of the molecule is CCOC(=O)c1ccccc1C(=O)OBr. The number of hydrogen-bond acceptors (Lipinski definition) is 4. The van der Waals surface area contributed by atoms with E-state index in [-0.39, 0.29) is 17.7 Å². The molecule has 0 aromatic heterocycles. The van der Waals surface area contributed by atoms with Crippen molar-refractivity contribution in [1.29, 1.82) is 0 Å². The molecule has 0 aliphatic rings. The van der Waals surface area contributed by atoms with Crippen molar-refractivity contribution in [3.05, 3.63) is 35.4 Å². The molecule has 1 aromatic carbocycles. The highest BCUT2D eigenvalue weighted by Crippen LogP contribution is 2.12. The molecular weight excluding hydrogens is 264 g/mol. The number of carbonyl (C=O) groups is 2. The quantitative estimate of drug-likeness (QED) is 0.793. The highest BCUT2D eigenvalue weighted by Gasteiger charge is 2.17. The summed E-state index contributed by atoms with van der Waals surface area (Å²) in [6.45, 7) is 1.96. The van der Waals surface area contributed by atoms with E-state index in [0.717, 1.165) is 0 Å². The minimum Gasteiger partial charge on any atom is -0.462 e. The largest absolute Gasteiger partial charge is 0.462 e. The van der Waals surface area contributed by atoms with E-state index in [1.165, 1.54) is 12.1 Å². The van der Waals surface area contributed by atoms with Crippen molar-refractivity contribution in [2.45, 2.75) is 6.92 Å². The Hall–Kier alpha value is -1.36. The van der Waals surface area contributed by atoms with Crippen LogP contribution in [0.2, 0.25) is 0 Å². The van der Waals surface area contributed by atoms with Crippen molar-refractivity contribution in [3.63, 3.8) is 0 Å². The summed E-state index contributed by atoms with van der Waals surface area (Å²) >= 11 is 2.57. The smallest absolute Gasteiger partial charge is 0.350 e. The summed E-state index contributed by atoms with van der Waals surface area (Å²) in [6.07, 6.45) is 0. The van der Waals surface area contributed by atoms with Gasteiger partial charge in [0, 0.05) is 0 Å². The van der Waals surface area contributed by atoms with Crippen LogP contribution in [0.4, 0.5) is 0 Å². The minimum atomic E-state index is -0.626. The van der Waals surface area contributed by atoms with Gasteiger partial charge in [-0.3, -0.25) is 0 Å². The van der Waals surface area contributed by atoms with Crippen LogP contribution >= 0.6 is 16.3 Å². The van der Waals surface area contributed by atoms with Crippen molar-refractivity contribution in [2.24, 2.45) is 0 Å². The summed E-state index contributed by atoms with van der Waals surface area (Å²) in [5.74, 6) is -1.16. The van der Waals surface area contributed by atoms with Crippen LogP contribution in [0.1, 0.15) is 27.6 Å². The maximum absolute atomic E-state index is 11.4. The number of rotatable bonds is 3. The van der Waals surface area contributed by atoms with E-state index >= 15 is 0 Å². The number of carbonyl (C=O) groups excluding carboxylic acids is 2. The number of benzene rings is 1. The lowest BCUT2D eigenvalue weighted by molar-refractivity contribution is 0.0519. The van der Waals surface area contributed by atoms with E-state index in [0.29, 0.717) is 0 Å². The topological polar surface area (TPSA) is 52.6 Å². The second kappa shape index (κ2) is 5.50. The predicted octanol–water partition coefficient (Wildman–Crippen LogP) is 2.33. The molecule has 1 rings (SSSR count). The minimum absolute atomic E-state index is 0.174. The molecule has 0 saturated carbocycles. The van der Waals surface area contributed by atoms with Crippen LogP contribution in [0.5, 0.6) is 0 Å². The van der Waals surface area contributed by atoms with Gasteiger partial charge < -0.3 is 8.57 Å². The zero-order valence-electron chi connectivity index (χ0n) is 8.03. The van der Waals surface area contributed by atoms with Gasteiger partial charge in [-0.15, -0.1) is 0 Å². The van der Waals surface area contributed by atoms with Gasteiger partial charge in [0.15, 0.2) is 16.3 Å². The Morgan fingerprint density at radius 3 is 2.20 bits per heavy atom. The summed E-state index contributed by atoms with van der Waals surface area (Å²) in [4.78, 5) is 22.7. The van der Waals surface area contributed by atoms with E-state index in [1.807, 2.05) is 0 Å². The zero-order valence-corrected chi connectivity index (χ0v) is 9.61. The fourth-order valence-electron chi connectivity index (χ4n) is 1.09. The number of ether oxygens (including phenoxy) is 1. The molecule has 0 N–H and O–H groups in total. The molecule has 0 aliphatic heterocycles. The molecule has 0 fully saturated rings. The van der Waals surface area contributed by atoms with Crippen LogP contribution in [0.15, 0.2) is 24.3 Å². The highest BCUT2D eigenvalue weighted by molar-refractivity contribution is 9.06. The van der Waals surface area contributed by atoms with Gasteiger partial charge in [0.1, 0.15) is 0 Å². The first-order valence-corrected chi connectivity index (χ1v) is 4.94. The lowest BCUT2D eigenvalue weighted by Gasteiger charge is -2.05. The van der Waals surface area contributed by atoms with Crippen LogP contribution in [-0.2, 0) is 8.57 Å². The van der Waals surface area contributed by atoms with Crippen LogP contribution in [0.25, 0.3) is 0 Å². The lowest BCUT2D eigenvalue weighted by atomic mass is 10.1. The average Bonchev–Trinajstić information content (AvgIpc) is 2.28. The summed E-state index contributed by atoms with van der Waals surface area (Å²) in [7, 11) is 0. The molecule has 15 heavy (non-hydrogen) atoms. The van der Waals surface area contributed by atoms with Crippen LogP contribution < -0.4 is 0 Å². The number of esters is 1. The standard InChI is InChI=1S/C10H9BrO4/c1-2-14-9(12)7-5-3-4-6-8(7)10(13)15-11/h3-6H,2H2,1H3. The predicted molar refractivity (Wildman–Crippen MR) is 56.7 cm³/mol. The summed E-state index contributed by atoms with van der Waals surface area (Å²) in [6, 6.07) is 6.30. The van der Waals surface area contributed by atoms with Crippen molar-refractivity contribution in [3.8, 4) is 0 Å². The van der Waals surface area contributed by atoms with Gasteiger partial charge in [-0.05, 0) is 19.1 Å². The average molecular weight is 273 g/mol.